The standard InChI is InChI=1S/C16H23N3O/c1-2-6-15(14-7-4-3-5-8-14)11-17-16-12-18-19(13-16)9-10-20/h3-5,7-8,12-13,15,17,20H,2,6,9-11H2,1H3. The smallest absolute Gasteiger partial charge is 0.0726 e. The van der Waals surface area contributed by atoms with Crippen LogP contribution in [0.4, 0.5) is 5.69 Å². The fourth-order valence-corrected chi connectivity index (χ4v) is 2.38. The Kier molecular flexibility index (Phi) is 5.62. The molecule has 1 aromatic carbocycles. The highest BCUT2D eigenvalue weighted by Gasteiger charge is 2.10. The van der Waals surface area contributed by atoms with Gasteiger partial charge in [0.25, 0.3) is 0 Å². The first-order chi connectivity index (χ1) is 9.83. The van der Waals surface area contributed by atoms with Gasteiger partial charge in [0.2, 0.25) is 0 Å². The number of anilines is 1. The van der Waals surface area contributed by atoms with Crippen molar-refractivity contribution in [3.05, 3.63) is 48.3 Å². The van der Waals surface area contributed by atoms with E-state index in [4.69, 9.17) is 5.11 Å². The summed E-state index contributed by atoms with van der Waals surface area (Å²) in [5, 5.41) is 16.5. The average molecular weight is 273 g/mol. The normalized spacial score (nSPS) is 12.3. The lowest BCUT2D eigenvalue weighted by atomic mass is 9.94. The number of aliphatic hydroxyl groups excluding tert-OH is 1. The van der Waals surface area contributed by atoms with Gasteiger partial charge >= 0.3 is 0 Å². The van der Waals surface area contributed by atoms with Crippen LogP contribution in [0.3, 0.4) is 0 Å². The Hall–Kier alpha value is -1.81. The minimum absolute atomic E-state index is 0.115. The maximum Gasteiger partial charge on any atom is 0.0726 e. The van der Waals surface area contributed by atoms with Crippen molar-refractivity contribution in [2.45, 2.75) is 32.2 Å². The van der Waals surface area contributed by atoms with Gasteiger partial charge in [-0.2, -0.15) is 5.10 Å². The lowest BCUT2D eigenvalue weighted by molar-refractivity contribution is 0.269. The van der Waals surface area contributed by atoms with Gasteiger partial charge in [-0.15, -0.1) is 0 Å². The summed E-state index contributed by atoms with van der Waals surface area (Å²) in [6.07, 6.45) is 6.08. The summed E-state index contributed by atoms with van der Waals surface area (Å²) in [7, 11) is 0. The van der Waals surface area contributed by atoms with Crippen molar-refractivity contribution in [2.24, 2.45) is 0 Å². The molecule has 1 atom stereocenters. The first-order valence-corrected chi connectivity index (χ1v) is 7.25. The van der Waals surface area contributed by atoms with Crippen LogP contribution in [-0.2, 0) is 6.54 Å². The Labute approximate surface area is 120 Å². The van der Waals surface area contributed by atoms with E-state index in [0.717, 1.165) is 12.2 Å². The molecule has 0 saturated carbocycles. The third-order valence-corrected chi connectivity index (χ3v) is 3.42. The fourth-order valence-electron chi connectivity index (χ4n) is 2.38. The largest absolute Gasteiger partial charge is 0.394 e. The van der Waals surface area contributed by atoms with E-state index in [-0.39, 0.29) is 6.61 Å². The van der Waals surface area contributed by atoms with Crippen molar-refractivity contribution < 1.29 is 5.11 Å². The molecule has 0 fully saturated rings. The van der Waals surface area contributed by atoms with Crippen LogP contribution >= 0.6 is 0 Å². The molecular formula is C16H23N3O. The number of aromatic nitrogens is 2. The first kappa shape index (κ1) is 14.6. The average Bonchev–Trinajstić information content (AvgIpc) is 2.92. The molecule has 0 spiro atoms. The van der Waals surface area contributed by atoms with Gasteiger partial charge in [0.15, 0.2) is 0 Å². The maximum atomic E-state index is 8.88. The van der Waals surface area contributed by atoms with Crippen molar-refractivity contribution in [1.82, 2.24) is 9.78 Å². The summed E-state index contributed by atoms with van der Waals surface area (Å²) in [6, 6.07) is 10.6. The molecule has 1 unspecified atom stereocenters. The third kappa shape index (κ3) is 4.10. The molecule has 0 bridgehead atoms. The van der Waals surface area contributed by atoms with E-state index in [9.17, 15) is 0 Å². The van der Waals surface area contributed by atoms with Crippen LogP contribution in [0, 0.1) is 0 Å². The quantitative estimate of drug-likeness (QED) is 0.777. The van der Waals surface area contributed by atoms with Gasteiger partial charge in [-0.25, -0.2) is 0 Å². The highest BCUT2D eigenvalue weighted by Crippen LogP contribution is 2.21. The molecule has 1 aromatic heterocycles. The second-order valence-corrected chi connectivity index (χ2v) is 4.99. The molecule has 0 amide bonds. The lowest BCUT2D eigenvalue weighted by Gasteiger charge is -2.17. The number of hydrogen-bond acceptors (Lipinski definition) is 3. The van der Waals surface area contributed by atoms with Gasteiger partial charge in [-0.3, -0.25) is 4.68 Å². The number of rotatable bonds is 8. The van der Waals surface area contributed by atoms with Gasteiger partial charge in [-0.1, -0.05) is 43.7 Å². The zero-order valence-corrected chi connectivity index (χ0v) is 12.0. The molecule has 2 rings (SSSR count). The summed E-state index contributed by atoms with van der Waals surface area (Å²) in [5.41, 5.74) is 2.39. The van der Waals surface area contributed by atoms with Gasteiger partial charge in [-0.05, 0) is 12.0 Å². The van der Waals surface area contributed by atoms with Gasteiger partial charge < -0.3 is 10.4 Å². The monoisotopic (exact) mass is 273 g/mol. The Balaban J connectivity index is 1.94. The zero-order chi connectivity index (χ0) is 14.2. The predicted molar refractivity (Wildman–Crippen MR) is 81.9 cm³/mol. The highest BCUT2D eigenvalue weighted by atomic mass is 16.3. The molecule has 0 aliphatic rings. The second-order valence-electron chi connectivity index (χ2n) is 4.99. The van der Waals surface area contributed by atoms with E-state index in [2.05, 4.69) is 47.7 Å². The lowest BCUT2D eigenvalue weighted by Crippen LogP contribution is -2.12. The van der Waals surface area contributed by atoms with Gasteiger partial charge in [0.05, 0.1) is 25.0 Å². The molecule has 108 valence electrons. The fraction of sp³-hybridized carbons (Fsp3) is 0.438. The van der Waals surface area contributed by atoms with Crippen molar-refractivity contribution in [3.63, 3.8) is 0 Å². The van der Waals surface area contributed by atoms with Crippen LogP contribution in [0.1, 0.15) is 31.2 Å². The molecule has 0 saturated heterocycles. The van der Waals surface area contributed by atoms with E-state index in [1.54, 1.807) is 4.68 Å². The molecular weight excluding hydrogens is 250 g/mol. The minimum atomic E-state index is 0.115. The van der Waals surface area contributed by atoms with E-state index < -0.39 is 0 Å². The van der Waals surface area contributed by atoms with E-state index in [1.165, 1.54) is 18.4 Å². The molecule has 0 aliphatic carbocycles. The van der Waals surface area contributed by atoms with Crippen LogP contribution in [0.15, 0.2) is 42.7 Å². The SMILES string of the molecule is CCCC(CNc1cnn(CCO)c1)c1ccccc1. The van der Waals surface area contributed by atoms with Crippen LogP contribution in [0.2, 0.25) is 0 Å². The summed E-state index contributed by atoms with van der Waals surface area (Å²) in [5.74, 6) is 0.516. The zero-order valence-electron chi connectivity index (χ0n) is 12.0. The number of benzene rings is 1. The van der Waals surface area contributed by atoms with Gasteiger partial charge in [0.1, 0.15) is 0 Å². The Bertz CT molecular complexity index is 495. The molecule has 2 aromatic rings. The topological polar surface area (TPSA) is 50.1 Å². The Morgan fingerprint density at radius 2 is 2.10 bits per heavy atom. The number of nitrogens with one attached hydrogen (secondary N) is 1. The van der Waals surface area contributed by atoms with Crippen LogP contribution < -0.4 is 5.32 Å². The molecule has 2 N–H and O–H groups in total. The van der Waals surface area contributed by atoms with E-state index in [1.807, 2.05) is 12.4 Å². The second kappa shape index (κ2) is 7.70. The Morgan fingerprint density at radius 1 is 1.30 bits per heavy atom. The van der Waals surface area contributed by atoms with Crippen molar-refractivity contribution in [1.29, 1.82) is 0 Å². The summed E-state index contributed by atoms with van der Waals surface area (Å²) in [6.45, 7) is 3.78. The first-order valence-electron chi connectivity index (χ1n) is 7.25. The molecule has 20 heavy (non-hydrogen) atoms. The number of hydrogen-bond donors (Lipinski definition) is 2. The molecule has 4 nitrogen and oxygen atoms in total. The number of aliphatic hydroxyl groups is 1. The Morgan fingerprint density at radius 3 is 2.80 bits per heavy atom. The van der Waals surface area contributed by atoms with Crippen molar-refractivity contribution in [3.8, 4) is 0 Å². The van der Waals surface area contributed by atoms with E-state index in [0.29, 0.717) is 12.5 Å². The van der Waals surface area contributed by atoms with Crippen LogP contribution in [-0.4, -0.2) is 28.0 Å². The highest BCUT2D eigenvalue weighted by molar-refractivity contribution is 5.39. The molecule has 0 aliphatic heterocycles. The van der Waals surface area contributed by atoms with Crippen LogP contribution in [0.5, 0.6) is 0 Å². The molecule has 4 heteroatoms. The van der Waals surface area contributed by atoms with Crippen LogP contribution in [0.25, 0.3) is 0 Å². The van der Waals surface area contributed by atoms with E-state index >= 15 is 0 Å². The predicted octanol–water partition coefficient (Wildman–Crippen LogP) is 2.87. The van der Waals surface area contributed by atoms with Crippen molar-refractivity contribution >= 4 is 5.69 Å². The maximum absolute atomic E-state index is 8.88. The number of nitrogens with zero attached hydrogens (tertiary/aromatic N) is 2. The van der Waals surface area contributed by atoms with Gasteiger partial charge in [0, 0.05) is 18.7 Å². The third-order valence-electron chi connectivity index (χ3n) is 3.42. The van der Waals surface area contributed by atoms with Crippen molar-refractivity contribution in [2.75, 3.05) is 18.5 Å². The summed E-state index contributed by atoms with van der Waals surface area (Å²) >= 11 is 0. The molecule has 0 radical (unpaired) electrons. The minimum Gasteiger partial charge on any atom is -0.394 e. The summed E-state index contributed by atoms with van der Waals surface area (Å²) < 4.78 is 1.75. The molecule has 1 heterocycles. The summed E-state index contributed by atoms with van der Waals surface area (Å²) in [4.78, 5) is 0.